The minimum absolute atomic E-state index is 0.169. The number of unbranched alkanes of at least 4 members (excludes halogenated alkanes) is 2. The summed E-state index contributed by atoms with van der Waals surface area (Å²) in [5.74, 6) is 0.169. The van der Waals surface area contributed by atoms with Crippen LogP contribution in [0.25, 0.3) is 0 Å². The van der Waals surface area contributed by atoms with Crippen LogP contribution in [0, 0.1) is 0 Å². The third kappa shape index (κ3) is 4.66. The summed E-state index contributed by atoms with van der Waals surface area (Å²) < 4.78 is 0. The van der Waals surface area contributed by atoms with Crippen molar-refractivity contribution in [3.8, 4) is 0 Å². The Balaban J connectivity index is 2.97. The van der Waals surface area contributed by atoms with E-state index in [4.69, 9.17) is 0 Å². The molecule has 112 valence electrons. The number of nitrogens with zero attached hydrogens (tertiary/aromatic N) is 1. The molecule has 0 aromatic heterocycles. The lowest BCUT2D eigenvalue weighted by Crippen LogP contribution is -2.25. The predicted octanol–water partition coefficient (Wildman–Crippen LogP) is 4.86. The summed E-state index contributed by atoms with van der Waals surface area (Å²) in [7, 11) is 0. The number of Topliss-reactive ketones (excluding diaryl/α,β-unsaturated/α-hetero) is 1. The standard InChI is InChI=1S/C18H29NO/c1-5-8-12-19(13-9-6-2)17-10-11-18(15(4)20)16(7-3)14-17/h10-11,14H,5-9,12-13H2,1-4H3. The van der Waals surface area contributed by atoms with Gasteiger partial charge in [0.25, 0.3) is 0 Å². The zero-order chi connectivity index (χ0) is 15.0. The third-order valence-corrected chi connectivity index (χ3v) is 3.78. The van der Waals surface area contributed by atoms with Crippen LogP contribution < -0.4 is 4.90 Å². The van der Waals surface area contributed by atoms with Gasteiger partial charge in [0.1, 0.15) is 0 Å². The maximum atomic E-state index is 11.6. The van der Waals surface area contributed by atoms with Gasteiger partial charge in [-0.3, -0.25) is 4.79 Å². The number of benzene rings is 1. The molecule has 0 unspecified atom stereocenters. The molecule has 1 aromatic rings. The van der Waals surface area contributed by atoms with E-state index in [2.05, 4.69) is 37.8 Å². The molecule has 0 N–H and O–H groups in total. The second-order valence-corrected chi connectivity index (χ2v) is 5.45. The van der Waals surface area contributed by atoms with Crippen molar-refractivity contribution < 1.29 is 4.79 Å². The molecule has 0 saturated heterocycles. The third-order valence-electron chi connectivity index (χ3n) is 3.78. The van der Waals surface area contributed by atoms with Crippen molar-refractivity contribution in [2.75, 3.05) is 18.0 Å². The van der Waals surface area contributed by atoms with E-state index in [1.54, 1.807) is 6.92 Å². The summed E-state index contributed by atoms with van der Waals surface area (Å²) in [6.07, 6.45) is 5.79. The van der Waals surface area contributed by atoms with Crippen LogP contribution in [0.5, 0.6) is 0 Å². The lowest BCUT2D eigenvalue weighted by Gasteiger charge is -2.25. The second-order valence-electron chi connectivity index (χ2n) is 5.45. The Kier molecular flexibility index (Phi) is 7.35. The lowest BCUT2D eigenvalue weighted by molar-refractivity contribution is 0.101. The highest BCUT2D eigenvalue weighted by Gasteiger charge is 2.10. The van der Waals surface area contributed by atoms with Gasteiger partial charge in [0, 0.05) is 24.3 Å². The van der Waals surface area contributed by atoms with E-state index in [1.165, 1.54) is 36.9 Å². The van der Waals surface area contributed by atoms with Gasteiger partial charge in [-0.15, -0.1) is 0 Å². The van der Waals surface area contributed by atoms with Crippen molar-refractivity contribution in [3.05, 3.63) is 29.3 Å². The van der Waals surface area contributed by atoms with E-state index in [0.29, 0.717) is 0 Å². The van der Waals surface area contributed by atoms with Crippen molar-refractivity contribution in [1.82, 2.24) is 0 Å². The van der Waals surface area contributed by atoms with E-state index in [1.807, 2.05) is 6.07 Å². The van der Waals surface area contributed by atoms with E-state index < -0.39 is 0 Å². The first-order chi connectivity index (χ1) is 9.63. The summed E-state index contributed by atoms with van der Waals surface area (Å²) in [4.78, 5) is 14.1. The highest BCUT2D eigenvalue weighted by Crippen LogP contribution is 2.22. The summed E-state index contributed by atoms with van der Waals surface area (Å²) in [5, 5.41) is 0. The van der Waals surface area contributed by atoms with E-state index in [9.17, 15) is 4.79 Å². The number of aryl methyl sites for hydroxylation is 1. The fraction of sp³-hybridized carbons (Fsp3) is 0.611. The van der Waals surface area contributed by atoms with Gasteiger partial charge in [0.2, 0.25) is 0 Å². The second kappa shape index (κ2) is 8.78. The molecule has 20 heavy (non-hydrogen) atoms. The van der Waals surface area contributed by atoms with Crippen LogP contribution in [0.1, 0.15) is 69.3 Å². The summed E-state index contributed by atoms with van der Waals surface area (Å²) in [6, 6.07) is 6.32. The minimum atomic E-state index is 0.169. The van der Waals surface area contributed by atoms with Crippen molar-refractivity contribution in [3.63, 3.8) is 0 Å². The predicted molar refractivity (Wildman–Crippen MR) is 87.9 cm³/mol. The molecule has 2 nitrogen and oxygen atoms in total. The molecule has 0 spiro atoms. The molecule has 0 aliphatic heterocycles. The minimum Gasteiger partial charge on any atom is -0.372 e. The van der Waals surface area contributed by atoms with E-state index >= 15 is 0 Å². The maximum absolute atomic E-state index is 11.6. The molecular weight excluding hydrogens is 246 g/mol. The number of hydrogen-bond acceptors (Lipinski definition) is 2. The van der Waals surface area contributed by atoms with Crippen molar-refractivity contribution in [1.29, 1.82) is 0 Å². The molecule has 1 rings (SSSR count). The Labute approximate surface area is 124 Å². The zero-order valence-electron chi connectivity index (χ0n) is 13.5. The van der Waals surface area contributed by atoms with Gasteiger partial charge in [-0.25, -0.2) is 0 Å². The number of ketones is 1. The first-order valence-electron chi connectivity index (χ1n) is 8.02. The molecular formula is C18H29NO. The fourth-order valence-electron chi connectivity index (χ4n) is 2.48. The van der Waals surface area contributed by atoms with Crippen LogP contribution in [-0.4, -0.2) is 18.9 Å². The number of carbonyl (C=O) groups excluding carboxylic acids is 1. The van der Waals surface area contributed by atoms with Gasteiger partial charge in [0.15, 0.2) is 5.78 Å². The molecule has 0 fully saturated rings. The Morgan fingerprint density at radius 3 is 2.10 bits per heavy atom. The lowest BCUT2D eigenvalue weighted by atomic mass is 10.0. The van der Waals surface area contributed by atoms with Crippen LogP contribution in [0.4, 0.5) is 5.69 Å². The molecule has 2 heteroatoms. The number of anilines is 1. The van der Waals surface area contributed by atoms with Crippen LogP contribution in [0.2, 0.25) is 0 Å². The zero-order valence-corrected chi connectivity index (χ0v) is 13.5. The fourth-order valence-corrected chi connectivity index (χ4v) is 2.48. The highest BCUT2D eigenvalue weighted by molar-refractivity contribution is 5.96. The smallest absolute Gasteiger partial charge is 0.160 e. The molecule has 0 radical (unpaired) electrons. The quantitative estimate of drug-likeness (QED) is 0.600. The average Bonchev–Trinajstić information content (AvgIpc) is 2.46. The average molecular weight is 275 g/mol. The van der Waals surface area contributed by atoms with Crippen LogP contribution in [0.3, 0.4) is 0 Å². The normalized spacial score (nSPS) is 10.6. The monoisotopic (exact) mass is 275 g/mol. The Morgan fingerprint density at radius 1 is 1.05 bits per heavy atom. The largest absolute Gasteiger partial charge is 0.372 e. The van der Waals surface area contributed by atoms with Gasteiger partial charge in [0.05, 0.1) is 0 Å². The summed E-state index contributed by atoms with van der Waals surface area (Å²) in [6.45, 7) is 10.5. The Morgan fingerprint density at radius 2 is 1.65 bits per heavy atom. The summed E-state index contributed by atoms with van der Waals surface area (Å²) >= 11 is 0. The van der Waals surface area contributed by atoms with Crippen molar-refractivity contribution in [2.45, 2.75) is 59.8 Å². The first kappa shape index (κ1) is 16.7. The molecule has 0 bridgehead atoms. The van der Waals surface area contributed by atoms with Gasteiger partial charge in [-0.05, 0) is 49.9 Å². The summed E-state index contributed by atoms with van der Waals surface area (Å²) in [5.41, 5.74) is 3.32. The van der Waals surface area contributed by atoms with Crippen LogP contribution in [-0.2, 0) is 6.42 Å². The Bertz CT molecular complexity index is 417. The SMILES string of the molecule is CCCCN(CCCC)c1ccc(C(C)=O)c(CC)c1. The van der Waals surface area contributed by atoms with Crippen LogP contribution in [0.15, 0.2) is 18.2 Å². The first-order valence-corrected chi connectivity index (χ1v) is 8.02. The van der Waals surface area contributed by atoms with Gasteiger partial charge in [-0.1, -0.05) is 33.6 Å². The number of rotatable bonds is 9. The van der Waals surface area contributed by atoms with E-state index in [0.717, 1.165) is 25.1 Å². The van der Waals surface area contributed by atoms with E-state index in [-0.39, 0.29) is 5.78 Å². The highest BCUT2D eigenvalue weighted by atomic mass is 16.1. The van der Waals surface area contributed by atoms with Gasteiger partial charge < -0.3 is 4.90 Å². The molecule has 0 aliphatic carbocycles. The molecule has 0 saturated carbocycles. The molecule has 0 amide bonds. The number of hydrogen-bond donors (Lipinski definition) is 0. The Hall–Kier alpha value is -1.31. The molecule has 0 atom stereocenters. The van der Waals surface area contributed by atoms with Gasteiger partial charge in [-0.2, -0.15) is 0 Å². The van der Waals surface area contributed by atoms with Crippen molar-refractivity contribution >= 4 is 11.5 Å². The molecule has 1 aromatic carbocycles. The molecule has 0 aliphatic rings. The number of carbonyl (C=O) groups is 1. The topological polar surface area (TPSA) is 20.3 Å². The van der Waals surface area contributed by atoms with Gasteiger partial charge >= 0.3 is 0 Å². The molecule has 0 heterocycles. The van der Waals surface area contributed by atoms with Crippen molar-refractivity contribution in [2.24, 2.45) is 0 Å². The maximum Gasteiger partial charge on any atom is 0.160 e. The van der Waals surface area contributed by atoms with Crippen LogP contribution >= 0.6 is 0 Å².